The summed E-state index contributed by atoms with van der Waals surface area (Å²) in [5, 5.41) is 21.5. The Labute approximate surface area is 487 Å². The highest BCUT2D eigenvalue weighted by atomic mass is 16.5. The van der Waals surface area contributed by atoms with Gasteiger partial charge in [-0.15, -0.1) is 0 Å². The minimum Gasteiger partial charge on any atom is -0.489 e. The zero-order chi connectivity index (χ0) is 59.0. The number of rotatable bonds is 19. The number of amides is 7. The number of nitrogens with one attached hydrogen (secondary N) is 7. The van der Waals surface area contributed by atoms with Gasteiger partial charge in [0, 0.05) is 37.5 Å². The largest absolute Gasteiger partial charge is 0.489 e. The normalized spacial score (nSPS) is 20.6. The van der Waals surface area contributed by atoms with E-state index in [1.165, 1.54) is 16.0 Å². The smallest absolute Gasteiger partial charge is 0.251 e. The third-order valence-electron chi connectivity index (χ3n) is 17.1. The van der Waals surface area contributed by atoms with Gasteiger partial charge in [-0.3, -0.25) is 33.6 Å². The summed E-state index contributed by atoms with van der Waals surface area (Å²) >= 11 is 0. The molecule has 1 saturated heterocycles. The van der Waals surface area contributed by atoms with Gasteiger partial charge in [-0.1, -0.05) is 118 Å². The second kappa shape index (κ2) is 26.6. The van der Waals surface area contributed by atoms with Crippen LogP contribution in [-0.2, 0) is 67.6 Å². The summed E-state index contributed by atoms with van der Waals surface area (Å²) in [6.07, 6.45) is 6.01. The van der Waals surface area contributed by atoms with Crippen LogP contribution >= 0.6 is 0 Å². The topological polar surface area (TPSA) is 219 Å². The number of fused-ring (bicyclic) bond motifs is 3. The lowest BCUT2D eigenvalue weighted by atomic mass is 9.85. The van der Waals surface area contributed by atoms with Crippen molar-refractivity contribution < 1.29 is 38.3 Å². The molecule has 5 unspecified atom stereocenters. The molecular weight excluding hydrogens is 1050 g/mol. The Morgan fingerprint density at radius 3 is 1.70 bits per heavy atom. The molecule has 17 heteroatoms. The first kappa shape index (κ1) is 59.7. The van der Waals surface area contributed by atoms with Crippen LogP contribution in [0.2, 0.25) is 0 Å². The number of nitrogens with zero attached hydrogens (tertiary/aromatic N) is 2. The Morgan fingerprint density at radius 2 is 1.12 bits per heavy atom. The highest BCUT2D eigenvalue weighted by Crippen LogP contribution is 2.34. The van der Waals surface area contributed by atoms with Gasteiger partial charge in [-0.2, -0.15) is 0 Å². The van der Waals surface area contributed by atoms with E-state index in [2.05, 4.69) is 55.4 Å². The van der Waals surface area contributed by atoms with Crippen LogP contribution < -0.4 is 42.0 Å². The third-order valence-corrected chi connectivity index (χ3v) is 17.1. The lowest BCUT2D eigenvalue weighted by molar-refractivity contribution is -0.145. The van der Waals surface area contributed by atoms with E-state index >= 15 is 0 Å². The molecule has 83 heavy (non-hydrogen) atoms. The molecule has 2 aliphatic heterocycles. The van der Waals surface area contributed by atoms with E-state index in [9.17, 15) is 33.6 Å². The fourth-order valence-corrected chi connectivity index (χ4v) is 12.0. The van der Waals surface area contributed by atoms with Gasteiger partial charge < -0.3 is 51.8 Å². The molecule has 17 nitrogen and oxygen atoms in total. The lowest BCUT2D eigenvalue weighted by Gasteiger charge is -2.39. The first-order chi connectivity index (χ1) is 39.9. The molecule has 1 fully saturated rings. The van der Waals surface area contributed by atoms with Gasteiger partial charge in [0.1, 0.15) is 36.5 Å². The highest BCUT2D eigenvalue weighted by Gasteiger charge is 2.46. The number of aryl methyl sites for hydroxylation is 2. The maximum Gasteiger partial charge on any atom is 0.251 e. The van der Waals surface area contributed by atoms with E-state index in [4.69, 9.17) is 4.74 Å². The molecule has 0 bridgehead atoms. The average molecular weight is 1130 g/mol. The zero-order valence-electron chi connectivity index (χ0n) is 48.9. The van der Waals surface area contributed by atoms with Crippen molar-refractivity contribution in [2.45, 2.75) is 160 Å². The minimum atomic E-state index is -0.981. The van der Waals surface area contributed by atoms with Gasteiger partial charge in [-0.05, 0) is 147 Å². The number of carbonyl (C=O) groups excluding carboxylic acids is 7. The van der Waals surface area contributed by atoms with Gasteiger partial charge >= 0.3 is 0 Å². The van der Waals surface area contributed by atoms with E-state index < -0.39 is 53.6 Å². The molecule has 9 rings (SSSR count). The predicted octanol–water partition coefficient (Wildman–Crippen LogP) is 6.08. The summed E-state index contributed by atoms with van der Waals surface area (Å²) in [6.45, 7) is 9.54. The van der Waals surface area contributed by atoms with Gasteiger partial charge in [0.25, 0.3) is 5.91 Å². The van der Waals surface area contributed by atoms with E-state index in [0.29, 0.717) is 17.7 Å². The second-order valence-electron chi connectivity index (χ2n) is 23.9. The molecule has 438 valence electrons. The van der Waals surface area contributed by atoms with E-state index in [0.717, 1.165) is 71.9 Å². The van der Waals surface area contributed by atoms with Crippen LogP contribution in [0.15, 0.2) is 121 Å². The van der Waals surface area contributed by atoms with Crippen LogP contribution in [0.5, 0.6) is 5.75 Å². The van der Waals surface area contributed by atoms with E-state index in [1.807, 2.05) is 99.6 Å². The van der Waals surface area contributed by atoms with Crippen molar-refractivity contribution in [3.05, 3.63) is 171 Å². The summed E-state index contributed by atoms with van der Waals surface area (Å²) < 4.78 is 6.20. The van der Waals surface area contributed by atoms with Gasteiger partial charge in [-0.25, -0.2) is 0 Å². The van der Waals surface area contributed by atoms with E-state index in [1.54, 1.807) is 57.1 Å². The first-order valence-corrected chi connectivity index (χ1v) is 29.4. The predicted molar refractivity (Wildman–Crippen MR) is 318 cm³/mol. The Morgan fingerprint density at radius 1 is 0.590 bits per heavy atom. The van der Waals surface area contributed by atoms with Crippen LogP contribution in [0, 0.1) is 5.41 Å². The maximum atomic E-state index is 14.9. The van der Waals surface area contributed by atoms with Crippen LogP contribution in [0.1, 0.15) is 134 Å². The molecule has 0 spiro atoms. The van der Waals surface area contributed by atoms with Crippen molar-refractivity contribution in [3.8, 4) is 5.75 Å². The van der Waals surface area contributed by atoms with Crippen molar-refractivity contribution in [2.75, 3.05) is 20.6 Å². The van der Waals surface area contributed by atoms with Crippen molar-refractivity contribution in [1.82, 2.24) is 47.0 Å². The number of likely N-dealkylation sites (tertiary alicyclic amines) is 1. The molecule has 2 heterocycles. The molecule has 0 aromatic heterocycles. The third kappa shape index (κ3) is 14.3. The lowest BCUT2D eigenvalue weighted by Crippen LogP contribution is -2.59. The van der Waals surface area contributed by atoms with Gasteiger partial charge in [0.15, 0.2) is 0 Å². The van der Waals surface area contributed by atoms with Crippen LogP contribution in [-0.4, -0.2) is 114 Å². The summed E-state index contributed by atoms with van der Waals surface area (Å²) in [6, 6.07) is 32.8. The van der Waals surface area contributed by atoms with Crippen molar-refractivity contribution in [3.63, 3.8) is 0 Å². The Balaban J connectivity index is 0.844. The molecule has 0 saturated carbocycles. The standard InChI is InChI=1S/C66H81N9O8/c1-40(67-6)59(76)72-55(64(81)74-37-48-19-9-8-18-47(48)35-56(74)62(79)70-53-24-14-20-44-16-10-12-22-51(44)53)34-42-28-32-50(33-29-42)83-39-43-26-30-46(31-27-43)61(78)69-49-36-57(63(80)71-54-25-15-21-45-17-11-13-23-52(45)54)75(38-49)65(82)58(66(3,4)5)73-60(77)41(2)68-7/h8-13,16-19,22-23,26-33,40-41,49,53-58,67-68H,14-15,20-21,24-25,34-39H2,1-7H3,(H,69,78)(H,70,79)(H,71,80)(H,72,76)(H,73,77)/t40?,41?,49-,53+,54+,55?,56?,57-,58?/m0/s1. The number of carbonyl (C=O) groups is 7. The minimum absolute atomic E-state index is 0.0724. The number of hydrogen-bond acceptors (Lipinski definition) is 10. The highest BCUT2D eigenvalue weighted by molar-refractivity contribution is 5.97. The van der Waals surface area contributed by atoms with Crippen LogP contribution in [0.4, 0.5) is 0 Å². The number of ether oxygens (including phenoxy) is 1. The number of benzene rings is 5. The molecule has 9 atom stereocenters. The zero-order valence-corrected chi connectivity index (χ0v) is 48.9. The first-order valence-electron chi connectivity index (χ1n) is 29.4. The van der Waals surface area contributed by atoms with E-state index in [-0.39, 0.29) is 80.1 Å². The average Bonchev–Trinajstić information content (AvgIpc) is 3.99. The molecular formula is C66H81N9O8. The quantitative estimate of drug-likeness (QED) is 0.0506. The SMILES string of the molecule is CNC(C)C(=O)NC(Cc1ccc(OCc2ccc(C(=O)N[C@H]3C[C@@H](C(=O)N[C@@H]4CCCc5ccccc54)N(C(=O)C(NC(=O)C(C)NC)C(C)(C)C)C3)cc2)cc1)C(=O)N1Cc2ccccc2CC1C(=O)N[C@@H]1CCCc2ccccc21. The molecule has 7 N–H and O–H groups in total. The summed E-state index contributed by atoms with van der Waals surface area (Å²) in [5.74, 6) is -1.75. The fourth-order valence-electron chi connectivity index (χ4n) is 12.0. The van der Waals surface area contributed by atoms with Crippen molar-refractivity contribution in [2.24, 2.45) is 5.41 Å². The number of likely N-dealkylation sites (N-methyl/N-ethyl adjacent to an activating group) is 2. The van der Waals surface area contributed by atoms with Crippen LogP contribution in [0.25, 0.3) is 0 Å². The summed E-state index contributed by atoms with van der Waals surface area (Å²) in [7, 11) is 3.35. The Hall–Kier alpha value is -7.89. The molecule has 5 aromatic rings. The summed E-state index contributed by atoms with van der Waals surface area (Å²) in [5.41, 5.74) is 7.82. The monoisotopic (exact) mass is 1130 g/mol. The molecule has 5 aromatic carbocycles. The fraction of sp³-hybridized carbons (Fsp3) is 0.439. The second-order valence-corrected chi connectivity index (χ2v) is 23.9. The number of hydrogen-bond donors (Lipinski definition) is 7. The van der Waals surface area contributed by atoms with Crippen molar-refractivity contribution in [1.29, 1.82) is 0 Å². The molecule has 7 amide bonds. The molecule has 0 radical (unpaired) electrons. The van der Waals surface area contributed by atoms with Crippen molar-refractivity contribution >= 4 is 41.4 Å². The van der Waals surface area contributed by atoms with Gasteiger partial charge in [0.2, 0.25) is 35.4 Å². The van der Waals surface area contributed by atoms with Gasteiger partial charge in [0.05, 0.1) is 24.2 Å². The molecule has 4 aliphatic rings. The summed E-state index contributed by atoms with van der Waals surface area (Å²) in [4.78, 5) is 102. The Kier molecular flexibility index (Phi) is 19.1. The molecule has 2 aliphatic carbocycles. The van der Waals surface area contributed by atoms with Crippen LogP contribution in [0.3, 0.4) is 0 Å². The Bertz CT molecular complexity index is 3160. The maximum absolute atomic E-state index is 14.9.